The molecule has 4 nitrogen and oxygen atoms in total. The summed E-state index contributed by atoms with van der Waals surface area (Å²) in [5, 5.41) is 6.07. The van der Waals surface area contributed by atoms with Crippen LogP contribution in [0.5, 0.6) is 0 Å². The van der Waals surface area contributed by atoms with Gasteiger partial charge in [0.25, 0.3) is 0 Å². The van der Waals surface area contributed by atoms with Gasteiger partial charge in [-0.05, 0) is 58.7 Å². The second-order valence-electron chi connectivity index (χ2n) is 4.88. The molecule has 2 N–H and O–H groups in total. The van der Waals surface area contributed by atoms with Crippen molar-refractivity contribution in [2.24, 2.45) is 0 Å². The number of carbonyl (C=O) groups excluding carboxylic acids is 1. The molecule has 0 fully saturated rings. The zero-order valence-corrected chi connectivity index (χ0v) is 12.3. The molecule has 0 radical (unpaired) electrons. The molecule has 0 saturated heterocycles. The summed E-state index contributed by atoms with van der Waals surface area (Å²) < 4.78 is 5.12. The predicted octanol–water partition coefficient (Wildman–Crippen LogP) is 2.24. The van der Waals surface area contributed by atoms with Crippen molar-refractivity contribution in [1.29, 1.82) is 0 Å². The lowest BCUT2D eigenvalue weighted by Crippen LogP contribution is -2.34. The van der Waals surface area contributed by atoms with E-state index in [1.54, 1.807) is 0 Å². The van der Waals surface area contributed by atoms with Gasteiger partial charge in [-0.1, -0.05) is 0 Å². The highest BCUT2D eigenvalue weighted by atomic mass is 32.2. The molecule has 0 bridgehead atoms. The van der Waals surface area contributed by atoms with Crippen LogP contribution in [0.3, 0.4) is 0 Å². The highest BCUT2D eigenvalue weighted by Crippen LogP contribution is 2.06. The number of nitrogens with one attached hydrogen (secondary N) is 2. The Morgan fingerprint density at radius 2 is 1.82 bits per heavy atom. The van der Waals surface area contributed by atoms with Gasteiger partial charge in [0.15, 0.2) is 0 Å². The van der Waals surface area contributed by atoms with Gasteiger partial charge >= 0.3 is 6.09 Å². The summed E-state index contributed by atoms with van der Waals surface area (Å²) in [5.41, 5.74) is -0.417. The second kappa shape index (κ2) is 9.59. The second-order valence-corrected chi connectivity index (χ2v) is 5.86. The van der Waals surface area contributed by atoms with Gasteiger partial charge < -0.3 is 15.4 Å². The summed E-state index contributed by atoms with van der Waals surface area (Å²) in [7, 11) is 0. The first-order valence-corrected chi connectivity index (χ1v) is 7.51. The number of hydrogen-bond donors (Lipinski definition) is 2. The Morgan fingerprint density at radius 1 is 1.18 bits per heavy atom. The number of carbonyl (C=O) groups is 1. The van der Waals surface area contributed by atoms with Crippen LogP contribution in [0, 0.1) is 0 Å². The Bertz CT molecular complexity index is 205. The lowest BCUT2D eigenvalue weighted by Gasteiger charge is -2.19. The molecule has 0 aromatic carbocycles. The Hall–Kier alpha value is -0.420. The van der Waals surface area contributed by atoms with Crippen molar-refractivity contribution in [3.63, 3.8) is 0 Å². The highest BCUT2D eigenvalue weighted by molar-refractivity contribution is 7.98. The van der Waals surface area contributed by atoms with E-state index >= 15 is 0 Å². The molecule has 0 aliphatic rings. The highest BCUT2D eigenvalue weighted by Gasteiger charge is 2.15. The smallest absolute Gasteiger partial charge is 0.407 e. The van der Waals surface area contributed by atoms with Gasteiger partial charge in [-0.2, -0.15) is 11.8 Å². The third kappa shape index (κ3) is 13.5. The van der Waals surface area contributed by atoms with Crippen molar-refractivity contribution in [2.45, 2.75) is 39.2 Å². The average molecular weight is 262 g/mol. The van der Waals surface area contributed by atoms with E-state index in [1.165, 1.54) is 12.2 Å². The number of rotatable bonds is 8. The SMILES string of the molecule is CSCCCNCCCNC(=O)OC(C)(C)C. The van der Waals surface area contributed by atoms with Crippen molar-refractivity contribution in [1.82, 2.24) is 10.6 Å². The monoisotopic (exact) mass is 262 g/mol. The van der Waals surface area contributed by atoms with Crippen LogP contribution < -0.4 is 10.6 Å². The molecule has 0 aliphatic carbocycles. The third-order valence-corrected chi connectivity index (χ3v) is 2.60. The van der Waals surface area contributed by atoms with Crippen LogP contribution in [-0.2, 0) is 4.74 Å². The fourth-order valence-electron chi connectivity index (χ4n) is 1.18. The fourth-order valence-corrected chi connectivity index (χ4v) is 1.62. The van der Waals surface area contributed by atoms with Gasteiger partial charge in [-0.25, -0.2) is 4.79 Å². The molecule has 0 atom stereocenters. The topological polar surface area (TPSA) is 50.4 Å². The lowest BCUT2D eigenvalue weighted by molar-refractivity contribution is 0.0527. The van der Waals surface area contributed by atoms with Crippen LogP contribution in [0.15, 0.2) is 0 Å². The van der Waals surface area contributed by atoms with E-state index in [2.05, 4.69) is 16.9 Å². The summed E-state index contributed by atoms with van der Waals surface area (Å²) in [4.78, 5) is 11.3. The Kier molecular flexibility index (Phi) is 9.36. The number of ether oxygens (including phenoxy) is 1. The normalized spacial score (nSPS) is 11.3. The van der Waals surface area contributed by atoms with Gasteiger partial charge in [-0.15, -0.1) is 0 Å². The maximum atomic E-state index is 11.3. The Labute approximate surface area is 109 Å². The largest absolute Gasteiger partial charge is 0.444 e. The van der Waals surface area contributed by atoms with E-state index < -0.39 is 5.60 Å². The first kappa shape index (κ1) is 16.6. The van der Waals surface area contributed by atoms with Crippen LogP contribution in [0.25, 0.3) is 0 Å². The van der Waals surface area contributed by atoms with E-state index in [0.717, 1.165) is 19.5 Å². The molecule has 0 unspecified atom stereocenters. The lowest BCUT2D eigenvalue weighted by atomic mass is 10.2. The molecular formula is C12H26N2O2S. The molecule has 102 valence electrons. The maximum Gasteiger partial charge on any atom is 0.407 e. The molecule has 0 saturated carbocycles. The van der Waals surface area contributed by atoms with Crippen molar-refractivity contribution < 1.29 is 9.53 Å². The van der Waals surface area contributed by atoms with Crippen LogP contribution in [0.1, 0.15) is 33.6 Å². The van der Waals surface area contributed by atoms with E-state index in [4.69, 9.17) is 4.74 Å². The molecule has 0 spiro atoms. The quantitative estimate of drug-likeness (QED) is 0.659. The number of hydrogen-bond acceptors (Lipinski definition) is 4. The van der Waals surface area contributed by atoms with Gasteiger partial charge in [-0.3, -0.25) is 0 Å². The van der Waals surface area contributed by atoms with E-state index in [1.807, 2.05) is 32.5 Å². The molecule has 0 heterocycles. The van der Waals surface area contributed by atoms with Crippen LogP contribution in [-0.4, -0.2) is 43.3 Å². The molecule has 0 aromatic heterocycles. The molecular weight excluding hydrogens is 236 g/mol. The zero-order chi connectivity index (χ0) is 13.1. The average Bonchev–Trinajstić information content (AvgIpc) is 2.19. The van der Waals surface area contributed by atoms with Crippen molar-refractivity contribution >= 4 is 17.9 Å². The van der Waals surface area contributed by atoms with Crippen LogP contribution in [0.4, 0.5) is 4.79 Å². The van der Waals surface area contributed by atoms with Gasteiger partial charge in [0, 0.05) is 6.54 Å². The third-order valence-electron chi connectivity index (χ3n) is 1.90. The summed E-state index contributed by atoms with van der Waals surface area (Å²) >= 11 is 1.87. The molecule has 17 heavy (non-hydrogen) atoms. The first-order valence-electron chi connectivity index (χ1n) is 6.12. The minimum Gasteiger partial charge on any atom is -0.444 e. The molecule has 0 aliphatic heterocycles. The van der Waals surface area contributed by atoms with Gasteiger partial charge in [0.2, 0.25) is 0 Å². The van der Waals surface area contributed by atoms with Crippen molar-refractivity contribution in [3.8, 4) is 0 Å². The summed E-state index contributed by atoms with van der Waals surface area (Å²) in [6.45, 7) is 8.22. The number of thioether (sulfide) groups is 1. The first-order chi connectivity index (χ1) is 7.95. The summed E-state index contributed by atoms with van der Waals surface area (Å²) in [6.07, 6.45) is 3.91. The molecule has 0 rings (SSSR count). The molecule has 0 aromatic rings. The fraction of sp³-hybridized carbons (Fsp3) is 0.917. The Morgan fingerprint density at radius 3 is 2.41 bits per heavy atom. The van der Waals surface area contributed by atoms with Crippen molar-refractivity contribution in [3.05, 3.63) is 0 Å². The Balaban J connectivity index is 3.25. The number of alkyl carbamates (subject to hydrolysis) is 1. The van der Waals surface area contributed by atoms with Gasteiger partial charge in [0.05, 0.1) is 0 Å². The predicted molar refractivity (Wildman–Crippen MR) is 74.7 cm³/mol. The molecule has 5 heteroatoms. The molecule has 1 amide bonds. The standard InChI is InChI=1S/C12H26N2O2S/c1-12(2,3)16-11(15)14-9-5-7-13-8-6-10-17-4/h13H,5-10H2,1-4H3,(H,14,15). The number of amides is 1. The summed E-state index contributed by atoms with van der Waals surface area (Å²) in [6, 6.07) is 0. The maximum absolute atomic E-state index is 11.3. The van der Waals surface area contributed by atoms with Crippen molar-refractivity contribution in [2.75, 3.05) is 31.6 Å². The van der Waals surface area contributed by atoms with Crippen LogP contribution >= 0.6 is 11.8 Å². The summed E-state index contributed by atoms with van der Waals surface area (Å²) in [5.74, 6) is 1.20. The van der Waals surface area contributed by atoms with E-state index in [9.17, 15) is 4.79 Å². The van der Waals surface area contributed by atoms with E-state index in [0.29, 0.717) is 6.54 Å². The van der Waals surface area contributed by atoms with E-state index in [-0.39, 0.29) is 6.09 Å². The van der Waals surface area contributed by atoms with Gasteiger partial charge in [0.1, 0.15) is 5.60 Å². The zero-order valence-electron chi connectivity index (χ0n) is 11.5. The van der Waals surface area contributed by atoms with Crippen LogP contribution in [0.2, 0.25) is 0 Å². The minimum atomic E-state index is -0.417. The minimum absolute atomic E-state index is 0.333.